The average molecular weight is 444 g/mol. The van der Waals surface area contributed by atoms with Gasteiger partial charge in [-0.2, -0.15) is 0 Å². The fourth-order valence-electron chi connectivity index (χ4n) is 6.60. The molecule has 1 aromatic rings. The van der Waals surface area contributed by atoms with Crippen molar-refractivity contribution < 1.29 is 0 Å². The lowest BCUT2D eigenvalue weighted by Gasteiger charge is -2.24. The molecule has 5 unspecified atom stereocenters. The van der Waals surface area contributed by atoms with Gasteiger partial charge < -0.3 is 5.73 Å². The fourth-order valence-corrected chi connectivity index (χ4v) is 6.60. The Morgan fingerprint density at radius 3 is 2.61 bits per heavy atom. The summed E-state index contributed by atoms with van der Waals surface area (Å²) in [4.78, 5) is 0. The van der Waals surface area contributed by atoms with Crippen LogP contribution >= 0.6 is 0 Å². The molecule has 0 amide bonds. The fraction of sp³-hybridized carbons (Fsp3) is 0.562. The highest BCUT2D eigenvalue weighted by molar-refractivity contribution is 5.33. The molecule has 2 saturated carbocycles. The van der Waals surface area contributed by atoms with Crippen LogP contribution in [0.25, 0.3) is 0 Å². The molecule has 4 rings (SSSR count). The Labute approximate surface area is 202 Å². The highest BCUT2D eigenvalue weighted by Crippen LogP contribution is 2.46. The van der Waals surface area contributed by atoms with Crippen LogP contribution in [-0.2, 0) is 6.42 Å². The maximum absolute atomic E-state index is 6.43. The highest BCUT2D eigenvalue weighted by atomic mass is 14.6. The van der Waals surface area contributed by atoms with Crippen LogP contribution < -0.4 is 5.73 Å². The van der Waals surface area contributed by atoms with Gasteiger partial charge in [0.2, 0.25) is 0 Å². The molecule has 2 fully saturated rings. The standard InChI is InChI=1S/C32H45N/c1-3-4-13-32(33)24(2)27-11-8-12-28(19-18-27)30-20-21-31(23-30)29-16-14-26(15-17-29)22-25-9-6-5-7-10-25/h3-4,6,9-10,14-17,27-28,30-32H,2,5,7-8,11-13,18-23,33H2,1H3. The quantitative estimate of drug-likeness (QED) is 0.316. The van der Waals surface area contributed by atoms with Crippen molar-refractivity contribution in [3.8, 4) is 0 Å². The van der Waals surface area contributed by atoms with Crippen LogP contribution in [0.2, 0.25) is 0 Å². The highest BCUT2D eigenvalue weighted by Gasteiger charge is 2.33. The van der Waals surface area contributed by atoms with Crippen LogP contribution in [0, 0.1) is 17.8 Å². The Hall–Kier alpha value is -1.86. The number of allylic oxidation sites excluding steroid dienone is 5. The summed E-state index contributed by atoms with van der Waals surface area (Å²) in [5.74, 6) is 3.22. The van der Waals surface area contributed by atoms with E-state index in [1.807, 2.05) is 0 Å². The normalized spacial score (nSPS) is 29.1. The molecule has 0 saturated heterocycles. The Balaban J connectivity index is 1.27. The molecule has 1 aromatic carbocycles. The van der Waals surface area contributed by atoms with Crippen LogP contribution in [0.15, 0.2) is 72.4 Å². The second-order valence-corrected chi connectivity index (χ2v) is 10.9. The third-order valence-electron chi connectivity index (χ3n) is 8.71. The smallest absolute Gasteiger partial charge is 0.0288 e. The van der Waals surface area contributed by atoms with Crippen LogP contribution in [0.5, 0.6) is 0 Å². The van der Waals surface area contributed by atoms with Gasteiger partial charge in [-0.3, -0.25) is 0 Å². The van der Waals surface area contributed by atoms with Crippen molar-refractivity contribution in [3.63, 3.8) is 0 Å². The van der Waals surface area contributed by atoms with Crippen molar-refractivity contribution in [2.24, 2.45) is 23.5 Å². The first-order valence-corrected chi connectivity index (χ1v) is 13.6. The minimum Gasteiger partial charge on any atom is -0.324 e. The molecule has 3 aliphatic rings. The lowest BCUT2D eigenvalue weighted by molar-refractivity contribution is 0.298. The van der Waals surface area contributed by atoms with Crippen molar-refractivity contribution >= 4 is 0 Å². The molecule has 0 heterocycles. The van der Waals surface area contributed by atoms with E-state index in [2.05, 4.69) is 68.1 Å². The van der Waals surface area contributed by atoms with E-state index in [4.69, 9.17) is 5.73 Å². The van der Waals surface area contributed by atoms with E-state index in [1.54, 1.807) is 5.56 Å². The number of rotatable bonds is 8. The first-order chi connectivity index (χ1) is 16.1. The summed E-state index contributed by atoms with van der Waals surface area (Å²) >= 11 is 0. The molecule has 3 aliphatic carbocycles. The summed E-state index contributed by atoms with van der Waals surface area (Å²) in [6.07, 6.45) is 26.6. The van der Waals surface area contributed by atoms with Crippen LogP contribution in [-0.4, -0.2) is 6.04 Å². The van der Waals surface area contributed by atoms with Gasteiger partial charge in [0.25, 0.3) is 0 Å². The van der Waals surface area contributed by atoms with E-state index in [9.17, 15) is 0 Å². The molecule has 0 aliphatic heterocycles. The van der Waals surface area contributed by atoms with Gasteiger partial charge in [-0.1, -0.05) is 79.6 Å². The molecule has 0 spiro atoms. The van der Waals surface area contributed by atoms with E-state index in [0.717, 1.165) is 30.6 Å². The number of benzene rings is 1. The van der Waals surface area contributed by atoms with Gasteiger partial charge in [-0.25, -0.2) is 0 Å². The maximum Gasteiger partial charge on any atom is 0.0288 e. The molecule has 33 heavy (non-hydrogen) atoms. The van der Waals surface area contributed by atoms with Gasteiger partial charge in [-0.15, -0.1) is 0 Å². The Morgan fingerprint density at radius 2 is 1.85 bits per heavy atom. The molecular formula is C32H45N. The summed E-state index contributed by atoms with van der Waals surface area (Å²) in [6.45, 7) is 6.50. The zero-order chi connectivity index (χ0) is 23.0. The molecular weight excluding hydrogens is 398 g/mol. The lowest BCUT2D eigenvalue weighted by atomic mass is 9.82. The number of hydrogen-bond acceptors (Lipinski definition) is 1. The Kier molecular flexibility index (Phi) is 8.84. The van der Waals surface area contributed by atoms with Crippen LogP contribution in [0.1, 0.15) is 94.6 Å². The molecule has 1 heteroatoms. The third-order valence-corrected chi connectivity index (χ3v) is 8.71. The first-order valence-electron chi connectivity index (χ1n) is 13.6. The first kappa shape index (κ1) is 24.3. The van der Waals surface area contributed by atoms with Gasteiger partial charge in [-0.05, 0) is 112 Å². The largest absolute Gasteiger partial charge is 0.324 e. The SMILES string of the molecule is C=C(C(N)CC=CC)C1CCCC(C2CCC(c3ccc(CC4=CCCC=C4)cc3)C2)CC1. The van der Waals surface area contributed by atoms with Crippen LogP contribution in [0.4, 0.5) is 0 Å². The predicted octanol–water partition coefficient (Wildman–Crippen LogP) is 8.44. The summed E-state index contributed by atoms with van der Waals surface area (Å²) in [6, 6.07) is 9.74. The van der Waals surface area contributed by atoms with E-state index in [1.165, 1.54) is 80.9 Å². The monoisotopic (exact) mass is 443 g/mol. The zero-order valence-electron chi connectivity index (χ0n) is 20.9. The molecule has 0 aromatic heterocycles. The van der Waals surface area contributed by atoms with Crippen molar-refractivity contribution in [1.29, 1.82) is 0 Å². The summed E-state index contributed by atoms with van der Waals surface area (Å²) in [5, 5.41) is 0. The summed E-state index contributed by atoms with van der Waals surface area (Å²) in [7, 11) is 0. The van der Waals surface area contributed by atoms with E-state index < -0.39 is 0 Å². The van der Waals surface area contributed by atoms with E-state index in [0.29, 0.717) is 5.92 Å². The van der Waals surface area contributed by atoms with Crippen molar-refractivity contribution in [2.75, 3.05) is 0 Å². The van der Waals surface area contributed by atoms with Gasteiger partial charge >= 0.3 is 0 Å². The molecule has 0 radical (unpaired) electrons. The van der Waals surface area contributed by atoms with Gasteiger partial charge in [0.15, 0.2) is 0 Å². The Bertz CT molecular complexity index is 855. The molecule has 1 nitrogen and oxygen atoms in total. The maximum atomic E-state index is 6.43. The zero-order valence-corrected chi connectivity index (χ0v) is 20.9. The second kappa shape index (κ2) is 12.0. The van der Waals surface area contributed by atoms with Gasteiger partial charge in [0.1, 0.15) is 0 Å². The second-order valence-electron chi connectivity index (χ2n) is 10.9. The van der Waals surface area contributed by atoms with Crippen molar-refractivity contribution in [1.82, 2.24) is 0 Å². The predicted molar refractivity (Wildman–Crippen MR) is 143 cm³/mol. The topological polar surface area (TPSA) is 26.0 Å². The number of nitrogens with two attached hydrogens (primary N) is 1. The van der Waals surface area contributed by atoms with Crippen LogP contribution in [0.3, 0.4) is 0 Å². The minimum atomic E-state index is 0.131. The van der Waals surface area contributed by atoms with Gasteiger partial charge in [0, 0.05) is 6.04 Å². The molecule has 0 bridgehead atoms. The Morgan fingerprint density at radius 1 is 1.03 bits per heavy atom. The van der Waals surface area contributed by atoms with Gasteiger partial charge in [0.05, 0.1) is 0 Å². The molecule has 178 valence electrons. The molecule has 5 atom stereocenters. The number of hydrogen-bond donors (Lipinski definition) is 1. The minimum absolute atomic E-state index is 0.131. The van der Waals surface area contributed by atoms with E-state index in [-0.39, 0.29) is 6.04 Å². The average Bonchev–Trinajstić information content (AvgIpc) is 3.21. The van der Waals surface area contributed by atoms with Crippen molar-refractivity contribution in [3.05, 3.63) is 83.5 Å². The van der Waals surface area contributed by atoms with E-state index >= 15 is 0 Å². The van der Waals surface area contributed by atoms with Crippen molar-refractivity contribution in [2.45, 2.75) is 95.9 Å². The lowest BCUT2D eigenvalue weighted by Crippen LogP contribution is -2.26. The third kappa shape index (κ3) is 6.60. The summed E-state index contributed by atoms with van der Waals surface area (Å²) in [5.41, 5.74) is 12.2. The molecule has 2 N–H and O–H groups in total. The summed E-state index contributed by atoms with van der Waals surface area (Å²) < 4.78 is 0.